The second-order valence-electron chi connectivity index (χ2n) is 7.60. The van der Waals surface area contributed by atoms with Crippen LogP contribution in [0.4, 0.5) is 0 Å². The molecule has 0 bridgehead atoms. The van der Waals surface area contributed by atoms with Gasteiger partial charge < -0.3 is 14.8 Å². The standard InChI is InChI=1S/C25H31N3O3/c1-5-6-7-9-18(2)27-25(29)21-16-26-17-28(21)20-14-12-19(13-15-20)24-22(30-3)10-8-11-23(24)31-4/h8,10-18H,5-7,9H2,1-4H3,(H,27,29)/t18-/m1/s1. The highest BCUT2D eigenvalue weighted by molar-refractivity contribution is 5.93. The first kappa shape index (κ1) is 22.4. The van der Waals surface area contributed by atoms with Gasteiger partial charge in [-0.25, -0.2) is 4.98 Å². The second kappa shape index (κ2) is 10.7. The first-order chi connectivity index (χ1) is 15.1. The number of imidazole rings is 1. The van der Waals surface area contributed by atoms with E-state index in [-0.39, 0.29) is 11.9 Å². The van der Waals surface area contributed by atoms with E-state index in [1.165, 1.54) is 12.8 Å². The van der Waals surface area contributed by atoms with Gasteiger partial charge in [-0.1, -0.05) is 44.4 Å². The van der Waals surface area contributed by atoms with E-state index in [1.54, 1.807) is 31.3 Å². The van der Waals surface area contributed by atoms with E-state index in [1.807, 2.05) is 49.4 Å². The number of amides is 1. The quantitative estimate of drug-likeness (QED) is 0.454. The molecule has 2 aromatic carbocycles. The molecule has 1 N–H and O–H groups in total. The molecular formula is C25H31N3O3. The minimum atomic E-state index is -0.114. The number of hydrogen-bond donors (Lipinski definition) is 1. The predicted molar refractivity (Wildman–Crippen MR) is 123 cm³/mol. The molecule has 0 unspecified atom stereocenters. The van der Waals surface area contributed by atoms with E-state index in [2.05, 4.69) is 17.2 Å². The highest BCUT2D eigenvalue weighted by Gasteiger charge is 2.16. The lowest BCUT2D eigenvalue weighted by Crippen LogP contribution is -2.33. The lowest BCUT2D eigenvalue weighted by molar-refractivity contribution is 0.0931. The fourth-order valence-electron chi connectivity index (χ4n) is 3.66. The molecule has 1 atom stereocenters. The minimum Gasteiger partial charge on any atom is -0.496 e. The zero-order valence-electron chi connectivity index (χ0n) is 18.7. The summed E-state index contributed by atoms with van der Waals surface area (Å²) in [5.74, 6) is 1.37. The maximum Gasteiger partial charge on any atom is 0.270 e. The van der Waals surface area contributed by atoms with Crippen molar-refractivity contribution in [2.45, 2.75) is 45.6 Å². The summed E-state index contributed by atoms with van der Waals surface area (Å²) in [5, 5.41) is 3.09. The highest BCUT2D eigenvalue weighted by atomic mass is 16.5. The Hall–Kier alpha value is -3.28. The summed E-state index contributed by atoms with van der Waals surface area (Å²) in [4.78, 5) is 17.0. The molecule has 1 heterocycles. The summed E-state index contributed by atoms with van der Waals surface area (Å²) >= 11 is 0. The summed E-state index contributed by atoms with van der Waals surface area (Å²) in [5.41, 5.74) is 3.24. The highest BCUT2D eigenvalue weighted by Crippen LogP contribution is 2.38. The van der Waals surface area contributed by atoms with E-state index in [0.717, 1.165) is 41.2 Å². The number of ether oxygens (including phenoxy) is 2. The molecular weight excluding hydrogens is 390 g/mol. The topological polar surface area (TPSA) is 65.4 Å². The molecule has 3 aromatic rings. The minimum absolute atomic E-state index is 0.114. The number of carbonyl (C=O) groups excluding carboxylic acids is 1. The van der Waals surface area contributed by atoms with Crippen LogP contribution in [0.3, 0.4) is 0 Å². The van der Waals surface area contributed by atoms with E-state index < -0.39 is 0 Å². The van der Waals surface area contributed by atoms with E-state index in [0.29, 0.717) is 5.69 Å². The van der Waals surface area contributed by atoms with Gasteiger partial charge in [-0.2, -0.15) is 0 Å². The Morgan fingerprint density at radius 1 is 1.06 bits per heavy atom. The molecule has 0 saturated carbocycles. The molecule has 0 saturated heterocycles. The van der Waals surface area contributed by atoms with Gasteiger partial charge in [0.1, 0.15) is 17.2 Å². The number of aromatic nitrogens is 2. The van der Waals surface area contributed by atoms with Crippen molar-refractivity contribution in [2.75, 3.05) is 14.2 Å². The summed E-state index contributed by atoms with van der Waals surface area (Å²) < 4.78 is 12.8. The van der Waals surface area contributed by atoms with Crippen LogP contribution in [0.1, 0.15) is 50.0 Å². The summed E-state index contributed by atoms with van der Waals surface area (Å²) in [7, 11) is 3.29. The largest absolute Gasteiger partial charge is 0.496 e. The Morgan fingerprint density at radius 2 is 1.74 bits per heavy atom. The Labute approximate surface area is 184 Å². The summed E-state index contributed by atoms with van der Waals surface area (Å²) in [6.07, 6.45) is 7.71. The number of nitrogens with zero attached hydrogens (tertiary/aromatic N) is 2. The molecule has 164 valence electrons. The predicted octanol–water partition coefficient (Wildman–Crippen LogP) is 5.26. The van der Waals surface area contributed by atoms with Gasteiger partial charge in [0.2, 0.25) is 0 Å². The average molecular weight is 422 g/mol. The maximum absolute atomic E-state index is 12.8. The van der Waals surface area contributed by atoms with Gasteiger partial charge >= 0.3 is 0 Å². The van der Waals surface area contributed by atoms with Gasteiger partial charge in [-0.15, -0.1) is 0 Å². The first-order valence-electron chi connectivity index (χ1n) is 10.7. The van der Waals surface area contributed by atoms with Crippen molar-refractivity contribution in [2.24, 2.45) is 0 Å². The Kier molecular flexibility index (Phi) is 7.70. The second-order valence-corrected chi connectivity index (χ2v) is 7.60. The van der Waals surface area contributed by atoms with Gasteiger partial charge in [-0.05, 0) is 43.2 Å². The van der Waals surface area contributed by atoms with E-state index in [4.69, 9.17) is 9.47 Å². The van der Waals surface area contributed by atoms with Crippen LogP contribution in [0.2, 0.25) is 0 Å². The lowest BCUT2D eigenvalue weighted by atomic mass is 10.0. The normalized spacial score (nSPS) is 11.7. The van der Waals surface area contributed by atoms with Crippen molar-refractivity contribution in [3.63, 3.8) is 0 Å². The third kappa shape index (κ3) is 5.26. The van der Waals surface area contributed by atoms with Crippen molar-refractivity contribution in [1.82, 2.24) is 14.9 Å². The van der Waals surface area contributed by atoms with Crippen LogP contribution in [-0.2, 0) is 0 Å². The van der Waals surface area contributed by atoms with E-state index in [9.17, 15) is 4.79 Å². The molecule has 6 nitrogen and oxygen atoms in total. The van der Waals surface area contributed by atoms with Crippen molar-refractivity contribution in [3.05, 3.63) is 60.7 Å². The van der Waals surface area contributed by atoms with Gasteiger partial charge in [0.25, 0.3) is 5.91 Å². The third-order valence-corrected chi connectivity index (χ3v) is 5.35. The zero-order chi connectivity index (χ0) is 22.2. The van der Waals surface area contributed by atoms with Crippen LogP contribution < -0.4 is 14.8 Å². The van der Waals surface area contributed by atoms with Gasteiger partial charge in [0, 0.05) is 11.7 Å². The number of hydrogen-bond acceptors (Lipinski definition) is 4. The van der Waals surface area contributed by atoms with E-state index >= 15 is 0 Å². The molecule has 0 aliphatic heterocycles. The molecule has 0 radical (unpaired) electrons. The monoisotopic (exact) mass is 421 g/mol. The Balaban J connectivity index is 1.81. The maximum atomic E-state index is 12.8. The lowest BCUT2D eigenvalue weighted by Gasteiger charge is -2.15. The molecule has 0 aliphatic rings. The van der Waals surface area contributed by atoms with Crippen molar-refractivity contribution >= 4 is 5.91 Å². The number of rotatable bonds is 10. The Bertz CT molecular complexity index is 973. The van der Waals surface area contributed by atoms with Crippen LogP contribution in [0.25, 0.3) is 16.8 Å². The molecule has 31 heavy (non-hydrogen) atoms. The van der Waals surface area contributed by atoms with Crippen LogP contribution in [-0.4, -0.2) is 35.7 Å². The van der Waals surface area contributed by atoms with Crippen molar-refractivity contribution in [1.29, 1.82) is 0 Å². The molecule has 0 spiro atoms. The van der Waals surface area contributed by atoms with Crippen LogP contribution in [0.15, 0.2) is 55.0 Å². The zero-order valence-corrected chi connectivity index (χ0v) is 18.7. The number of unbranched alkanes of at least 4 members (excludes halogenated alkanes) is 2. The number of nitrogens with one attached hydrogen (secondary N) is 1. The van der Waals surface area contributed by atoms with Gasteiger partial charge in [-0.3, -0.25) is 9.36 Å². The summed E-state index contributed by atoms with van der Waals surface area (Å²) in [6.45, 7) is 4.22. The smallest absolute Gasteiger partial charge is 0.270 e. The fourth-order valence-corrected chi connectivity index (χ4v) is 3.66. The molecule has 3 rings (SSSR count). The third-order valence-electron chi connectivity index (χ3n) is 5.35. The first-order valence-corrected chi connectivity index (χ1v) is 10.7. The molecule has 1 amide bonds. The molecule has 0 fully saturated rings. The van der Waals surface area contributed by atoms with Gasteiger partial charge in [0.15, 0.2) is 0 Å². The number of carbonyl (C=O) groups is 1. The van der Waals surface area contributed by atoms with Gasteiger partial charge in [0.05, 0.1) is 32.3 Å². The molecule has 1 aromatic heterocycles. The van der Waals surface area contributed by atoms with Crippen molar-refractivity contribution < 1.29 is 14.3 Å². The van der Waals surface area contributed by atoms with Crippen LogP contribution in [0.5, 0.6) is 11.5 Å². The van der Waals surface area contributed by atoms with Crippen LogP contribution >= 0.6 is 0 Å². The van der Waals surface area contributed by atoms with Crippen LogP contribution in [0, 0.1) is 0 Å². The fraction of sp³-hybridized carbons (Fsp3) is 0.360. The summed E-state index contributed by atoms with van der Waals surface area (Å²) in [6, 6.07) is 13.7. The SMILES string of the molecule is CCCCC[C@@H](C)NC(=O)c1cncn1-c1ccc(-c2c(OC)cccc2OC)cc1. The number of benzene rings is 2. The average Bonchev–Trinajstić information content (AvgIpc) is 3.29. The Morgan fingerprint density at radius 3 is 2.35 bits per heavy atom. The van der Waals surface area contributed by atoms with Crippen molar-refractivity contribution in [3.8, 4) is 28.3 Å². The molecule has 0 aliphatic carbocycles. The molecule has 6 heteroatoms. The number of methoxy groups -OCH3 is 2.